The van der Waals surface area contributed by atoms with E-state index in [1.54, 1.807) is 24.3 Å². The first-order valence-corrected chi connectivity index (χ1v) is 7.40. The molecule has 0 atom stereocenters. The Morgan fingerprint density at radius 2 is 1.73 bits per heavy atom. The maximum Gasteiger partial charge on any atom is 0.513 e. The van der Waals surface area contributed by atoms with Crippen LogP contribution in [-0.4, -0.2) is 17.9 Å². The highest BCUT2D eigenvalue weighted by Gasteiger charge is 2.11. The van der Waals surface area contributed by atoms with Crippen molar-refractivity contribution < 1.29 is 19.4 Å². The lowest BCUT2D eigenvalue weighted by atomic mass is 10.0. The summed E-state index contributed by atoms with van der Waals surface area (Å²) in [4.78, 5) is 11.7. The number of para-hydroxylation sites is 2. The van der Waals surface area contributed by atoms with Gasteiger partial charge in [0.1, 0.15) is 11.5 Å². The van der Waals surface area contributed by atoms with Gasteiger partial charge in [-0.15, -0.1) is 0 Å². The summed E-state index contributed by atoms with van der Waals surface area (Å²) in [6.07, 6.45) is 1.55. The van der Waals surface area contributed by atoms with Crippen LogP contribution in [0.5, 0.6) is 11.5 Å². The van der Waals surface area contributed by atoms with E-state index in [4.69, 9.17) is 9.47 Å². The normalized spacial score (nSPS) is 10.2. The molecule has 0 fully saturated rings. The summed E-state index contributed by atoms with van der Waals surface area (Å²) in [5, 5.41) is 9.86. The van der Waals surface area contributed by atoms with E-state index in [0.717, 1.165) is 24.0 Å². The molecule has 0 heterocycles. The van der Waals surface area contributed by atoms with Crippen LogP contribution in [0.1, 0.15) is 30.9 Å². The Bertz CT molecular complexity index is 622. The van der Waals surface area contributed by atoms with Crippen LogP contribution in [0.4, 0.5) is 4.79 Å². The van der Waals surface area contributed by atoms with Gasteiger partial charge >= 0.3 is 6.16 Å². The number of aromatic hydroxyl groups is 1. The van der Waals surface area contributed by atoms with E-state index in [9.17, 15) is 9.90 Å². The van der Waals surface area contributed by atoms with Crippen molar-refractivity contribution >= 4 is 6.16 Å². The molecule has 2 aromatic carbocycles. The topological polar surface area (TPSA) is 55.8 Å². The molecule has 1 N–H and O–H groups in total. The number of carbonyl (C=O) groups excluding carboxylic acids is 1. The molecule has 0 aliphatic rings. The Labute approximate surface area is 130 Å². The third kappa shape index (κ3) is 4.52. The minimum atomic E-state index is -0.696. The summed E-state index contributed by atoms with van der Waals surface area (Å²) in [5.74, 6) is 0.676. The summed E-state index contributed by atoms with van der Waals surface area (Å²) >= 11 is 0. The summed E-state index contributed by atoms with van der Waals surface area (Å²) in [5.41, 5.74) is 1.59. The molecule has 0 unspecified atom stereocenters. The summed E-state index contributed by atoms with van der Waals surface area (Å²) < 4.78 is 10.3. The number of hydrogen-bond donors (Lipinski definition) is 1. The van der Waals surface area contributed by atoms with Crippen molar-refractivity contribution in [2.75, 3.05) is 6.61 Å². The molecule has 0 bridgehead atoms. The smallest absolute Gasteiger partial charge is 0.508 e. The third-order valence-corrected chi connectivity index (χ3v) is 3.26. The fraction of sp³-hybridized carbons (Fsp3) is 0.278. The van der Waals surface area contributed by atoms with Gasteiger partial charge in [0.2, 0.25) is 0 Å². The molecule has 2 aromatic rings. The summed E-state index contributed by atoms with van der Waals surface area (Å²) in [6.45, 7) is 2.38. The first-order valence-electron chi connectivity index (χ1n) is 7.40. The highest BCUT2D eigenvalue weighted by Crippen LogP contribution is 2.25. The number of phenolic OH excluding ortho intramolecular Hbond substituents is 1. The standard InChI is InChI=1S/C18H20O4/c1-2-3-12-21-18(20)22-17-11-7-5-9-15(17)13-14-8-4-6-10-16(14)19/h4-11,19H,2-3,12-13H2,1H3. The first kappa shape index (κ1) is 15.9. The molecular formula is C18H20O4. The third-order valence-electron chi connectivity index (χ3n) is 3.26. The predicted molar refractivity (Wildman–Crippen MR) is 84.2 cm³/mol. The van der Waals surface area contributed by atoms with E-state index in [-0.39, 0.29) is 5.75 Å². The molecule has 0 radical (unpaired) electrons. The van der Waals surface area contributed by atoms with Gasteiger partial charge in [-0.2, -0.15) is 0 Å². The molecule has 0 spiro atoms. The molecule has 4 heteroatoms. The zero-order valence-corrected chi connectivity index (χ0v) is 12.6. The van der Waals surface area contributed by atoms with Gasteiger partial charge < -0.3 is 14.6 Å². The second-order valence-electron chi connectivity index (χ2n) is 4.97. The Kier molecular flexibility index (Phi) is 5.83. The highest BCUT2D eigenvalue weighted by atomic mass is 16.7. The van der Waals surface area contributed by atoms with Crippen LogP contribution in [0.15, 0.2) is 48.5 Å². The zero-order valence-electron chi connectivity index (χ0n) is 12.6. The minimum absolute atomic E-state index is 0.225. The van der Waals surface area contributed by atoms with E-state index in [2.05, 4.69) is 0 Å². The van der Waals surface area contributed by atoms with Crippen LogP contribution < -0.4 is 4.74 Å². The maximum atomic E-state index is 11.7. The Morgan fingerprint density at radius 1 is 1.05 bits per heavy atom. The molecule has 0 aromatic heterocycles. The second-order valence-corrected chi connectivity index (χ2v) is 4.97. The quantitative estimate of drug-likeness (QED) is 0.491. The molecule has 22 heavy (non-hydrogen) atoms. The zero-order chi connectivity index (χ0) is 15.8. The van der Waals surface area contributed by atoms with Gasteiger partial charge in [-0.1, -0.05) is 49.7 Å². The average Bonchev–Trinajstić information content (AvgIpc) is 2.52. The van der Waals surface area contributed by atoms with Crippen molar-refractivity contribution in [2.24, 2.45) is 0 Å². The Balaban J connectivity index is 2.07. The van der Waals surface area contributed by atoms with E-state index >= 15 is 0 Å². The lowest BCUT2D eigenvalue weighted by molar-refractivity contribution is 0.0975. The van der Waals surface area contributed by atoms with Gasteiger partial charge in [-0.3, -0.25) is 0 Å². The molecule has 2 rings (SSSR count). The first-order chi connectivity index (χ1) is 10.7. The molecule has 0 saturated heterocycles. The van der Waals surface area contributed by atoms with Crippen molar-refractivity contribution in [3.63, 3.8) is 0 Å². The monoisotopic (exact) mass is 300 g/mol. The Hall–Kier alpha value is -2.49. The van der Waals surface area contributed by atoms with Crippen molar-refractivity contribution in [3.8, 4) is 11.5 Å². The van der Waals surface area contributed by atoms with Crippen LogP contribution in [0.25, 0.3) is 0 Å². The predicted octanol–water partition coefficient (Wildman–Crippen LogP) is 4.30. The minimum Gasteiger partial charge on any atom is -0.508 e. The number of unbranched alkanes of at least 4 members (excludes halogenated alkanes) is 1. The van der Waals surface area contributed by atoms with E-state index < -0.39 is 6.16 Å². The number of rotatable bonds is 6. The van der Waals surface area contributed by atoms with E-state index in [1.165, 1.54) is 0 Å². The van der Waals surface area contributed by atoms with Crippen molar-refractivity contribution in [1.82, 2.24) is 0 Å². The van der Waals surface area contributed by atoms with Gasteiger partial charge in [0.25, 0.3) is 0 Å². The largest absolute Gasteiger partial charge is 0.513 e. The van der Waals surface area contributed by atoms with E-state index in [0.29, 0.717) is 18.8 Å². The van der Waals surface area contributed by atoms with E-state index in [1.807, 2.05) is 31.2 Å². The SMILES string of the molecule is CCCCOC(=O)Oc1ccccc1Cc1ccccc1O. The van der Waals surface area contributed by atoms with Crippen molar-refractivity contribution in [2.45, 2.75) is 26.2 Å². The molecular weight excluding hydrogens is 280 g/mol. The fourth-order valence-electron chi connectivity index (χ4n) is 2.03. The van der Waals surface area contributed by atoms with Gasteiger partial charge in [-0.05, 0) is 29.7 Å². The van der Waals surface area contributed by atoms with Gasteiger partial charge in [0.15, 0.2) is 0 Å². The maximum absolute atomic E-state index is 11.7. The fourth-order valence-corrected chi connectivity index (χ4v) is 2.03. The van der Waals surface area contributed by atoms with Gasteiger partial charge in [0, 0.05) is 6.42 Å². The summed E-state index contributed by atoms with van der Waals surface area (Å²) in [6, 6.07) is 14.3. The molecule has 0 saturated carbocycles. The van der Waals surface area contributed by atoms with Crippen LogP contribution in [0, 0.1) is 0 Å². The number of benzene rings is 2. The molecule has 4 nitrogen and oxygen atoms in total. The van der Waals surface area contributed by atoms with Crippen LogP contribution in [-0.2, 0) is 11.2 Å². The Morgan fingerprint density at radius 3 is 2.45 bits per heavy atom. The highest BCUT2D eigenvalue weighted by molar-refractivity contribution is 5.64. The molecule has 0 aliphatic heterocycles. The van der Waals surface area contributed by atoms with Crippen molar-refractivity contribution in [1.29, 1.82) is 0 Å². The number of carbonyl (C=O) groups is 1. The lowest BCUT2D eigenvalue weighted by Crippen LogP contribution is -2.12. The number of hydrogen-bond acceptors (Lipinski definition) is 4. The van der Waals surface area contributed by atoms with Gasteiger partial charge in [-0.25, -0.2) is 4.79 Å². The van der Waals surface area contributed by atoms with Crippen LogP contribution in [0.2, 0.25) is 0 Å². The average molecular weight is 300 g/mol. The molecule has 0 amide bonds. The summed E-state index contributed by atoms with van der Waals surface area (Å²) in [7, 11) is 0. The van der Waals surface area contributed by atoms with Crippen molar-refractivity contribution in [3.05, 3.63) is 59.7 Å². The second kappa shape index (κ2) is 8.08. The lowest BCUT2D eigenvalue weighted by Gasteiger charge is -2.11. The number of ether oxygens (including phenoxy) is 2. The molecule has 116 valence electrons. The van der Waals surface area contributed by atoms with Crippen LogP contribution >= 0.6 is 0 Å². The molecule has 0 aliphatic carbocycles. The van der Waals surface area contributed by atoms with Crippen LogP contribution in [0.3, 0.4) is 0 Å². The number of phenols is 1. The van der Waals surface area contributed by atoms with Gasteiger partial charge in [0.05, 0.1) is 6.61 Å².